The maximum atomic E-state index is 8.83. The summed E-state index contributed by atoms with van der Waals surface area (Å²) < 4.78 is 0. The first-order valence-corrected chi connectivity index (χ1v) is 7.53. The van der Waals surface area contributed by atoms with Crippen molar-refractivity contribution in [3.05, 3.63) is 42.1 Å². The van der Waals surface area contributed by atoms with Gasteiger partial charge in [0, 0.05) is 5.39 Å². The molecule has 0 unspecified atom stereocenters. The van der Waals surface area contributed by atoms with Crippen molar-refractivity contribution in [3.63, 3.8) is 0 Å². The highest BCUT2D eigenvalue weighted by atomic mass is 16.3. The number of hydrogen-bond donors (Lipinski definition) is 1. The van der Waals surface area contributed by atoms with Gasteiger partial charge in [0.05, 0.1) is 17.8 Å². The van der Waals surface area contributed by atoms with Crippen molar-refractivity contribution < 1.29 is 5.11 Å². The molecule has 20 heavy (non-hydrogen) atoms. The molecule has 0 radical (unpaired) electrons. The van der Waals surface area contributed by atoms with Gasteiger partial charge in [-0.1, -0.05) is 24.3 Å². The second kappa shape index (κ2) is 6.33. The van der Waals surface area contributed by atoms with E-state index in [0.717, 1.165) is 16.8 Å². The SMILES string of the molecule is C1CN2CCC1CC2.OCc1ccc2ccccc2n1. The van der Waals surface area contributed by atoms with E-state index in [1.165, 1.54) is 38.9 Å². The number of aliphatic hydroxyl groups excluding tert-OH is 1. The minimum Gasteiger partial charge on any atom is -0.390 e. The Bertz CT molecular complexity index is 539. The molecule has 0 amide bonds. The second-order valence-electron chi connectivity index (χ2n) is 5.73. The fraction of sp³-hybridized carbons (Fsp3) is 0.471. The maximum absolute atomic E-state index is 8.83. The van der Waals surface area contributed by atoms with Crippen LogP contribution < -0.4 is 0 Å². The molecule has 0 aliphatic carbocycles. The van der Waals surface area contributed by atoms with Gasteiger partial charge in [-0.05, 0) is 56.9 Å². The Labute approximate surface area is 120 Å². The molecule has 3 aliphatic rings. The van der Waals surface area contributed by atoms with Crippen LogP contribution in [0.4, 0.5) is 0 Å². The summed E-state index contributed by atoms with van der Waals surface area (Å²) in [6.45, 7) is 4.19. The Morgan fingerprint density at radius 1 is 1.00 bits per heavy atom. The quantitative estimate of drug-likeness (QED) is 0.865. The lowest BCUT2D eigenvalue weighted by Crippen LogP contribution is -2.41. The Balaban J connectivity index is 0.000000131. The van der Waals surface area contributed by atoms with Gasteiger partial charge in [0.15, 0.2) is 0 Å². The molecular formula is C17H22N2O. The maximum Gasteiger partial charge on any atom is 0.0853 e. The van der Waals surface area contributed by atoms with Gasteiger partial charge in [-0.15, -0.1) is 0 Å². The van der Waals surface area contributed by atoms with Crippen molar-refractivity contribution in [2.24, 2.45) is 5.92 Å². The van der Waals surface area contributed by atoms with E-state index >= 15 is 0 Å². The molecule has 1 aromatic carbocycles. The van der Waals surface area contributed by atoms with Gasteiger partial charge in [0.2, 0.25) is 0 Å². The number of aliphatic hydroxyl groups is 1. The van der Waals surface area contributed by atoms with Gasteiger partial charge < -0.3 is 10.0 Å². The average Bonchev–Trinajstić information content (AvgIpc) is 2.57. The molecule has 2 bridgehead atoms. The molecule has 2 aromatic rings. The van der Waals surface area contributed by atoms with Crippen LogP contribution in [0.2, 0.25) is 0 Å². The molecule has 1 N–H and O–H groups in total. The van der Waals surface area contributed by atoms with Crippen LogP contribution in [-0.2, 0) is 6.61 Å². The number of rotatable bonds is 1. The zero-order valence-electron chi connectivity index (χ0n) is 11.8. The summed E-state index contributed by atoms with van der Waals surface area (Å²) in [5, 5.41) is 9.94. The van der Waals surface area contributed by atoms with Gasteiger partial charge in [-0.3, -0.25) is 4.98 Å². The highest BCUT2D eigenvalue weighted by Gasteiger charge is 2.24. The monoisotopic (exact) mass is 270 g/mol. The Hall–Kier alpha value is -1.45. The minimum absolute atomic E-state index is 0.00480. The Morgan fingerprint density at radius 3 is 2.25 bits per heavy atom. The number of nitrogens with zero attached hydrogens (tertiary/aromatic N) is 2. The van der Waals surface area contributed by atoms with Crippen molar-refractivity contribution in [3.8, 4) is 0 Å². The first kappa shape index (κ1) is 13.5. The Kier molecular flexibility index (Phi) is 4.28. The third kappa shape index (κ3) is 3.17. The number of pyridine rings is 1. The van der Waals surface area contributed by atoms with E-state index in [9.17, 15) is 0 Å². The molecule has 3 heteroatoms. The van der Waals surface area contributed by atoms with Gasteiger partial charge in [-0.2, -0.15) is 0 Å². The zero-order valence-corrected chi connectivity index (χ0v) is 11.8. The highest BCUT2D eigenvalue weighted by Crippen LogP contribution is 2.26. The molecule has 1 aromatic heterocycles. The number of benzene rings is 1. The van der Waals surface area contributed by atoms with Crippen molar-refractivity contribution in [1.82, 2.24) is 9.88 Å². The van der Waals surface area contributed by atoms with E-state index < -0.39 is 0 Å². The number of aromatic nitrogens is 1. The lowest BCUT2D eigenvalue weighted by molar-refractivity contribution is 0.111. The van der Waals surface area contributed by atoms with E-state index in [1.807, 2.05) is 36.4 Å². The van der Waals surface area contributed by atoms with Gasteiger partial charge in [-0.25, -0.2) is 0 Å². The van der Waals surface area contributed by atoms with Crippen LogP contribution >= 0.6 is 0 Å². The van der Waals surface area contributed by atoms with Crippen LogP contribution in [0.5, 0.6) is 0 Å². The molecule has 3 saturated heterocycles. The standard InChI is InChI=1S/C10H9NO.C7H13N/c12-7-9-6-5-8-3-1-2-4-10(8)11-9;1-4-8-5-2-7(1)3-6-8/h1-6,12H,7H2;7H,1-6H2. The van der Waals surface area contributed by atoms with Crippen molar-refractivity contribution in [1.29, 1.82) is 0 Å². The van der Waals surface area contributed by atoms with Crippen LogP contribution in [0.1, 0.15) is 25.0 Å². The molecule has 0 saturated carbocycles. The smallest absolute Gasteiger partial charge is 0.0853 e. The van der Waals surface area contributed by atoms with E-state index in [4.69, 9.17) is 5.11 Å². The first-order chi connectivity index (χ1) is 9.85. The fourth-order valence-electron chi connectivity index (χ4n) is 3.06. The summed E-state index contributed by atoms with van der Waals surface area (Å²) in [6, 6.07) is 11.7. The third-order valence-corrected chi connectivity index (χ3v) is 4.38. The van der Waals surface area contributed by atoms with Gasteiger partial charge in [0.1, 0.15) is 0 Å². The molecule has 106 valence electrons. The zero-order chi connectivity index (χ0) is 13.8. The molecule has 5 rings (SSSR count). The largest absolute Gasteiger partial charge is 0.390 e. The van der Waals surface area contributed by atoms with E-state index in [1.54, 1.807) is 0 Å². The number of fused-ring (bicyclic) bond motifs is 4. The number of hydrogen-bond acceptors (Lipinski definition) is 3. The summed E-state index contributed by atoms with van der Waals surface area (Å²) in [5.41, 5.74) is 1.65. The predicted molar refractivity (Wildman–Crippen MR) is 81.4 cm³/mol. The second-order valence-corrected chi connectivity index (χ2v) is 5.73. The molecule has 0 atom stereocenters. The van der Waals surface area contributed by atoms with Crippen LogP contribution in [0, 0.1) is 5.92 Å². The van der Waals surface area contributed by atoms with Crippen LogP contribution in [0.25, 0.3) is 10.9 Å². The summed E-state index contributed by atoms with van der Waals surface area (Å²) in [6.07, 6.45) is 4.46. The lowest BCUT2D eigenvalue weighted by Gasteiger charge is -2.38. The Morgan fingerprint density at radius 2 is 1.70 bits per heavy atom. The van der Waals surface area contributed by atoms with Crippen LogP contribution in [-0.4, -0.2) is 34.6 Å². The van der Waals surface area contributed by atoms with E-state index in [-0.39, 0.29) is 6.61 Å². The molecule has 0 spiro atoms. The summed E-state index contributed by atoms with van der Waals surface area (Å²) in [5.74, 6) is 1.11. The van der Waals surface area contributed by atoms with Crippen LogP contribution in [0.3, 0.4) is 0 Å². The first-order valence-electron chi connectivity index (χ1n) is 7.53. The summed E-state index contributed by atoms with van der Waals surface area (Å²) in [4.78, 5) is 6.83. The lowest BCUT2D eigenvalue weighted by atomic mass is 9.89. The van der Waals surface area contributed by atoms with E-state index in [0.29, 0.717) is 5.69 Å². The molecule has 3 aliphatic heterocycles. The molecular weight excluding hydrogens is 248 g/mol. The average molecular weight is 270 g/mol. The number of para-hydroxylation sites is 1. The van der Waals surface area contributed by atoms with Gasteiger partial charge in [0.25, 0.3) is 0 Å². The topological polar surface area (TPSA) is 36.4 Å². The molecule has 3 fully saturated rings. The van der Waals surface area contributed by atoms with Crippen LogP contribution in [0.15, 0.2) is 36.4 Å². The normalized spacial score (nSPS) is 24.2. The highest BCUT2D eigenvalue weighted by molar-refractivity contribution is 5.78. The number of piperidine rings is 3. The molecule has 4 heterocycles. The van der Waals surface area contributed by atoms with Gasteiger partial charge >= 0.3 is 0 Å². The van der Waals surface area contributed by atoms with Crippen molar-refractivity contribution in [2.45, 2.75) is 25.9 Å². The predicted octanol–water partition coefficient (Wildman–Crippen LogP) is 2.83. The van der Waals surface area contributed by atoms with E-state index in [2.05, 4.69) is 9.88 Å². The summed E-state index contributed by atoms with van der Waals surface area (Å²) in [7, 11) is 0. The third-order valence-electron chi connectivity index (χ3n) is 4.38. The molecule has 3 nitrogen and oxygen atoms in total. The summed E-state index contributed by atoms with van der Waals surface area (Å²) >= 11 is 0. The van der Waals surface area contributed by atoms with Crippen molar-refractivity contribution in [2.75, 3.05) is 19.6 Å². The van der Waals surface area contributed by atoms with Crippen molar-refractivity contribution >= 4 is 10.9 Å². The fourth-order valence-corrected chi connectivity index (χ4v) is 3.06. The minimum atomic E-state index is 0.00480.